The molecule has 0 spiro atoms. The summed E-state index contributed by atoms with van der Waals surface area (Å²) in [6.45, 7) is 5.76. The minimum atomic E-state index is -0.746. The van der Waals surface area contributed by atoms with Gasteiger partial charge in [-0.25, -0.2) is 0 Å². The number of hydrogen-bond donors (Lipinski definition) is 2. The topological polar surface area (TPSA) is 98.5 Å². The molecule has 0 rings (SSSR count). The van der Waals surface area contributed by atoms with Gasteiger partial charge in [-0.1, -0.05) is 11.6 Å². The molecule has 1 atom stereocenters. The SMILES string of the molecule is CCOC(=O)CCC(=O)N[C@@H](CC=C(C)C)C(N)=O. The van der Waals surface area contributed by atoms with Crippen LogP contribution in [0.5, 0.6) is 0 Å². The number of allylic oxidation sites excluding steroid dienone is 1. The number of esters is 1. The number of carbonyl (C=O) groups excluding carboxylic acids is 3. The van der Waals surface area contributed by atoms with E-state index < -0.39 is 17.9 Å². The van der Waals surface area contributed by atoms with Crippen LogP contribution in [0.2, 0.25) is 0 Å². The van der Waals surface area contributed by atoms with Crippen molar-refractivity contribution in [2.75, 3.05) is 6.61 Å². The van der Waals surface area contributed by atoms with Gasteiger partial charge in [-0.2, -0.15) is 0 Å². The molecule has 108 valence electrons. The van der Waals surface area contributed by atoms with Gasteiger partial charge in [0.25, 0.3) is 0 Å². The number of amides is 2. The fraction of sp³-hybridized carbons (Fsp3) is 0.615. The van der Waals surface area contributed by atoms with Crippen LogP contribution < -0.4 is 11.1 Å². The fourth-order valence-corrected chi connectivity index (χ4v) is 1.32. The van der Waals surface area contributed by atoms with E-state index in [1.54, 1.807) is 6.92 Å². The highest BCUT2D eigenvalue weighted by molar-refractivity contribution is 5.88. The maximum atomic E-state index is 11.6. The first-order valence-corrected chi connectivity index (χ1v) is 6.24. The van der Waals surface area contributed by atoms with E-state index in [0.717, 1.165) is 5.57 Å². The predicted molar refractivity (Wildman–Crippen MR) is 71.0 cm³/mol. The summed E-state index contributed by atoms with van der Waals surface area (Å²) in [6, 6.07) is -0.746. The van der Waals surface area contributed by atoms with Crippen LogP contribution in [0.15, 0.2) is 11.6 Å². The van der Waals surface area contributed by atoms with Gasteiger partial charge in [0.2, 0.25) is 11.8 Å². The molecule has 0 heterocycles. The summed E-state index contributed by atoms with van der Waals surface area (Å²) in [5.74, 6) is -1.42. The Hall–Kier alpha value is -1.85. The van der Waals surface area contributed by atoms with Crippen LogP contribution in [-0.4, -0.2) is 30.4 Å². The molecule has 6 heteroatoms. The van der Waals surface area contributed by atoms with Crippen molar-refractivity contribution in [2.45, 2.75) is 46.1 Å². The van der Waals surface area contributed by atoms with Crippen molar-refractivity contribution < 1.29 is 19.1 Å². The van der Waals surface area contributed by atoms with Gasteiger partial charge in [-0.05, 0) is 27.2 Å². The van der Waals surface area contributed by atoms with Crippen LogP contribution >= 0.6 is 0 Å². The van der Waals surface area contributed by atoms with Gasteiger partial charge in [0.05, 0.1) is 13.0 Å². The second-order valence-corrected chi connectivity index (χ2v) is 4.34. The molecule has 19 heavy (non-hydrogen) atoms. The minimum Gasteiger partial charge on any atom is -0.466 e. The quantitative estimate of drug-likeness (QED) is 0.500. The number of nitrogens with two attached hydrogens (primary N) is 1. The molecule has 0 radical (unpaired) electrons. The molecule has 0 aromatic rings. The summed E-state index contributed by atoms with van der Waals surface area (Å²) >= 11 is 0. The van der Waals surface area contributed by atoms with Crippen LogP contribution in [-0.2, 0) is 19.1 Å². The molecular formula is C13H22N2O4. The minimum absolute atomic E-state index is 0.00615. The highest BCUT2D eigenvalue weighted by Gasteiger charge is 2.17. The summed E-state index contributed by atoms with van der Waals surface area (Å²) in [7, 11) is 0. The zero-order valence-electron chi connectivity index (χ0n) is 11.7. The van der Waals surface area contributed by atoms with Crippen molar-refractivity contribution in [1.82, 2.24) is 5.32 Å². The van der Waals surface area contributed by atoms with E-state index in [-0.39, 0.29) is 25.4 Å². The van der Waals surface area contributed by atoms with Crippen molar-refractivity contribution in [3.63, 3.8) is 0 Å². The molecule has 3 N–H and O–H groups in total. The van der Waals surface area contributed by atoms with E-state index in [9.17, 15) is 14.4 Å². The molecule has 0 aliphatic carbocycles. The Bertz CT molecular complexity index is 360. The second kappa shape index (κ2) is 9.13. The van der Waals surface area contributed by atoms with E-state index in [2.05, 4.69) is 5.32 Å². The van der Waals surface area contributed by atoms with Crippen molar-refractivity contribution in [2.24, 2.45) is 5.73 Å². The summed E-state index contributed by atoms with van der Waals surface area (Å²) in [4.78, 5) is 33.8. The molecule has 0 saturated carbocycles. The monoisotopic (exact) mass is 270 g/mol. The lowest BCUT2D eigenvalue weighted by atomic mass is 10.1. The standard InChI is InChI=1S/C13H22N2O4/c1-4-19-12(17)8-7-11(16)15-10(13(14)18)6-5-9(2)3/h5,10H,4,6-8H2,1-3H3,(H2,14,18)(H,15,16)/t10-/m0/s1. The lowest BCUT2D eigenvalue weighted by molar-refractivity contribution is -0.144. The molecule has 0 aliphatic heterocycles. The zero-order valence-corrected chi connectivity index (χ0v) is 11.7. The molecule has 0 bridgehead atoms. The van der Waals surface area contributed by atoms with Crippen molar-refractivity contribution in [1.29, 1.82) is 0 Å². The molecule has 0 aromatic heterocycles. The molecule has 2 amide bonds. The highest BCUT2D eigenvalue weighted by Crippen LogP contribution is 2.00. The number of nitrogens with one attached hydrogen (secondary N) is 1. The van der Waals surface area contributed by atoms with Crippen LogP contribution in [0.25, 0.3) is 0 Å². The first-order valence-electron chi connectivity index (χ1n) is 6.24. The lowest BCUT2D eigenvalue weighted by Gasteiger charge is -2.13. The summed E-state index contributed by atoms with van der Waals surface area (Å²) in [6.07, 6.45) is 2.15. The van der Waals surface area contributed by atoms with E-state index in [1.807, 2.05) is 19.9 Å². The molecular weight excluding hydrogens is 248 g/mol. The van der Waals surface area contributed by atoms with Gasteiger partial charge in [-0.3, -0.25) is 14.4 Å². The fourth-order valence-electron chi connectivity index (χ4n) is 1.32. The predicted octanol–water partition coefficient (Wildman–Crippen LogP) is 0.656. The van der Waals surface area contributed by atoms with Gasteiger partial charge in [-0.15, -0.1) is 0 Å². The zero-order chi connectivity index (χ0) is 14.8. The van der Waals surface area contributed by atoms with E-state index in [0.29, 0.717) is 6.42 Å². The van der Waals surface area contributed by atoms with Crippen molar-refractivity contribution in [3.8, 4) is 0 Å². The molecule has 0 fully saturated rings. The third-order valence-electron chi connectivity index (χ3n) is 2.30. The second-order valence-electron chi connectivity index (χ2n) is 4.34. The van der Waals surface area contributed by atoms with Gasteiger partial charge in [0.15, 0.2) is 0 Å². The molecule has 0 unspecified atom stereocenters. The molecule has 0 saturated heterocycles. The average molecular weight is 270 g/mol. The number of ether oxygens (including phenoxy) is 1. The average Bonchev–Trinajstić information content (AvgIpc) is 2.31. The third kappa shape index (κ3) is 8.82. The molecule has 0 aliphatic rings. The summed E-state index contributed by atoms with van der Waals surface area (Å²) < 4.78 is 4.70. The van der Waals surface area contributed by atoms with Crippen LogP contribution in [0, 0.1) is 0 Å². The first-order chi connectivity index (χ1) is 8.86. The maximum Gasteiger partial charge on any atom is 0.306 e. The molecule has 0 aromatic carbocycles. The Morgan fingerprint density at radius 1 is 1.26 bits per heavy atom. The number of rotatable bonds is 8. The van der Waals surface area contributed by atoms with Gasteiger partial charge < -0.3 is 15.8 Å². The normalized spacial score (nSPS) is 11.3. The third-order valence-corrected chi connectivity index (χ3v) is 2.30. The smallest absolute Gasteiger partial charge is 0.306 e. The Labute approximate surface area is 113 Å². The Morgan fingerprint density at radius 3 is 2.37 bits per heavy atom. The number of hydrogen-bond acceptors (Lipinski definition) is 4. The highest BCUT2D eigenvalue weighted by atomic mass is 16.5. The van der Waals surface area contributed by atoms with Gasteiger partial charge >= 0.3 is 5.97 Å². The van der Waals surface area contributed by atoms with Crippen molar-refractivity contribution in [3.05, 3.63) is 11.6 Å². The van der Waals surface area contributed by atoms with E-state index in [1.165, 1.54) is 0 Å². The van der Waals surface area contributed by atoms with Gasteiger partial charge in [0, 0.05) is 6.42 Å². The Morgan fingerprint density at radius 2 is 1.89 bits per heavy atom. The number of primary amides is 1. The van der Waals surface area contributed by atoms with E-state index >= 15 is 0 Å². The Kier molecular flexibility index (Phi) is 8.24. The van der Waals surface area contributed by atoms with Crippen LogP contribution in [0.1, 0.15) is 40.0 Å². The summed E-state index contributed by atoms with van der Waals surface area (Å²) in [5.41, 5.74) is 6.23. The lowest BCUT2D eigenvalue weighted by Crippen LogP contribution is -2.44. The maximum absolute atomic E-state index is 11.6. The molecule has 6 nitrogen and oxygen atoms in total. The number of carbonyl (C=O) groups is 3. The largest absolute Gasteiger partial charge is 0.466 e. The Balaban J connectivity index is 4.21. The van der Waals surface area contributed by atoms with Crippen molar-refractivity contribution >= 4 is 17.8 Å². The van der Waals surface area contributed by atoms with Crippen LogP contribution in [0.3, 0.4) is 0 Å². The van der Waals surface area contributed by atoms with E-state index in [4.69, 9.17) is 10.5 Å². The first kappa shape index (κ1) is 17.2. The van der Waals surface area contributed by atoms with Crippen LogP contribution in [0.4, 0.5) is 0 Å². The van der Waals surface area contributed by atoms with Gasteiger partial charge in [0.1, 0.15) is 6.04 Å². The summed E-state index contributed by atoms with van der Waals surface area (Å²) in [5, 5.41) is 2.50.